The van der Waals surface area contributed by atoms with Gasteiger partial charge in [0.1, 0.15) is 0 Å². The number of carbonyl (C=O) groups is 2. The van der Waals surface area contributed by atoms with Gasteiger partial charge in [0.25, 0.3) is 17.4 Å². The van der Waals surface area contributed by atoms with Gasteiger partial charge >= 0.3 is 0 Å². The van der Waals surface area contributed by atoms with Gasteiger partial charge in [-0.15, -0.1) is 11.3 Å². The lowest BCUT2D eigenvalue weighted by Crippen LogP contribution is -2.47. The summed E-state index contributed by atoms with van der Waals surface area (Å²) in [6.07, 6.45) is 1.91. The van der Waals surface area contributed by atoms with Crippen molar-refractivity contribution in [3.05, 3.63) is 80.4 Å². The maximum Gasteiger partial charge on any atom is 0.265 e. The second-order valence-corrected chi connectivity index (χ2v) is 11.8. The number of rotatable bonds is 8. The molecule has 0 saturated carbocycles. The Labute approximate surface area is 237 Å². The molecule has 2 bridgehead atoms. The summed E-state index contributed by atoms with van der Waals surface area (Å²) >= 11 is 1.39. The van der Waals surface area contributed by atoms with Crippen molar-refractivity contribution >= 4 is 34.5 Å². The molecule has 3 aliphatic rings. The first kappa shape index (κ1) is 26.7. The lowest BCUT2D eigenvalue weighted by Gasteiger charge is -2.44. The molecule has 9 nitrogen and oxygen atoms in total. The zero-order valence-corrected chi connectivity index (χ0v) is 23.3. The number of amides is 2. The van der Waals surface area contributed by atoms with Crippen LogP contribution in [0.1, 0.15) is 44.5 Å². The van der Waals surface area contributed by atoms with Crippen molar-refractivity contribution in [2.75, 3.05) is 62.7 Å². The molecule has 2 atom stereocenters. The molecule has 5 heterocycles. The standard InChI is InChI=1S/C30H35N5O4S/c36-28-6-1-4-25-23-16-21(19-35(25)28)18-34(20-23)26-8-7-22(17-24(26)32-30(38)27-5-2-15-40-27)29(37)31-9-3-10-33-11-13-39-14-12-33/h1-2,4-8,15,17,21,23H,3,9-14,16,18-20H2,(H,31,37)(H,32,38). The molecule has 210 valence electrons. The number of hydrogen-bond donors (Lipinski definition) is 2. The first-order valence-electron chi connectivity index (χ1n) is 14.1. The van der Waals surface area contributed by atoms with Crippen molar-refractivity contribution in [3.63, 3.8) is 0 Å². The maximum absolute atomic E-state index is 13.1. The highest BCUT2D eigenvalue weighted by atomic mass is 32.1. The van der Waals surface area contributed by atoms with E-state index in [1.807, 2.05) is 34.2 Å². The van der Waals surface area contributed by atoms with Gasteiger partial charge in [-0.05, 0) is 61.0 Å². The summed E-state index contributed by atoms with van der Waals surface area (Å²) in [6.45, 7) is 7.14. The summed E-state index contributed by atoms with van der Waals surface area (Å²) < 4.78 is 7.32. The summed E-state index contributed by atoms with van der Waals surface area (Å²) in [7, 11) is 0. The van der Waals surface area contributed by atoms with Crippen molar-refractivity contribution in [1.82, 2.24) is 14.8 Å². The predicted molar refractivity (Wildman–Crippen MR) is 157 cm³/mol. The molecule has 2 amide bonds. The fourth-order valence-electron chi connectivity index (χ4n) is 6.17. The third-order valence-electron chi connectivity index (χ3n) is 8.11. The number of nitrogens with zero attached hydrogens (tertiary/aromatic N) is 3. The van der Waals surface area contributed by atoms with Crippen molar-refractivity contribution in [1.29, 1.82) is 0 Å². The van der Waals surface area contributed by atoms with E-state index in [2.05, 4.69) is 26.5 Å². The normalized spacial score (nSPS) is 20.6. The molecule has 2 fully saturated rings. The Morgan fingerprint density at radius 3 is 2.70 bits per heavy atom. The SMILES string of the molecule is O=C(NCCCN1CCOCC1)c1ccc(N2CC3CC(C2)c2cccc(=O)n2C3)c(NC(=O)c2cccs2)c1. The Morgan fingerprint density at radius 2 is 1.88 bits per heavy atom. The van der Waals surface area contributed by atoms with Crippen LogP contribution in [0.15, 0.2) is 58.7 Å². The summed E-state index contributed by atoms with van der Waals surface area (Å²) in [6, 6.07) is 14.8. The number of anilines is 2. The van der Waals surface area contributed by atoms with Crippen LogP contribution < -0.4 is 21.1 Å². The predicted octanol–water partition coefficient (Wildman–Crippen LogP) is 3.24. The van der Waals surface area contributed by atoms with E-state index in [4.69, 9.17) is 4.74 Å². The zero-order chi connectivity index (χ0) is 27.5. The molecule has 2 aromatic heterocycles. The number of piperidine rings is 1. The summed E-state index contributed by atoms with van der Waals surface area (Å²) in [5.74, 6) is 0.232. The molecule has 2 N–H and O–H groups in total. The van der Waals surface area contributed by atoms with E-state index in [0.717, 1.165) is 70.2 Å². The van der Waals surface area contributed by atoms with Crippen LogP contribution in [0.2, 0.25) is 0 Å². The Kier molecular flexibility index (Phi) is 7.99. The molecular formula is C30H35N5O4S. The largest absolute Gasteiger partial charge is 0.379 e. The molecule has 3 aromatic rings. The topological polar surface area (TPSA) is 95.9 Å². The van der Waals surface area contributed by atoms with Crippen LogP contribution in [0.25, 0.3) is 0 Å². The van der Waals surface area contributed by atoms with Crippen LogP contribution >= 0.6 is 11.3 Å². The molecule has 0 aliphatic carbocycles. The number of nitrogens with one attached hydrogen (secondary N) is 2. The van der Waals surface area contributed by atoms with Crippen molar-refractivity contribution in [3.8, 4) is 0 Å². The van der Waals surface area contributed by atoms with Gasteiger partial charge in [-0.2, -0.15) is 0 Å². The van der Waals surface area contributed by atoms with E-state index in [1.54, 1.807) is 18.2 Å². The first-order valence-corrected chi connectivity index (χ1v) is 14.9. The Morgan fingerprint density at radius 1 is 1.00 bits per heavy atom. The number of ether oxygens (including phenoxy) is 1. The van der Waals surface area contributed by atoms with Gasteiger partial charge in [0.15, 0.2) is 0 Å². The molecule has 40 heavy (non-hydrogen) atoms. The number of aromatic nitrogens is 1. The number of carbonyl (C=O) groups excluding carboxylic acids is 2. The minimum atomic E-state index is -0.187. The molecular weight excluding hydrogens is 526 g/mol. The van der Waals surface area contributed by atoms with Gasteiger partial charge in [0.05, 0.1) is 29.5 Å². The quantitative estimate of drug-likeness (QED) is 0.410. The van der Waals surface area contributed by atoms with Crippen molar-refractivity contribution < 1.29 is 14.3 Å². The van der Waals surface area contributed by atoms with E-state index < -0.39 is 0 Å². The number of morpholine rings is 1. The number of pyridine rings is 1. The Bertz CT molecular complexity index is 1420. The number of benzene rings is 1. The molecule has 0 radical (unpaired) electrons. The third kappa shape index (κ3) is 5.84. The second kappa shape index (κ2) is 12.0. The summed E-state index contributed by atoms with van der Waals surface area (Å²) in [5, 5.41) is 8.00. The fourth-order valence-corrected chi connectivity index (χ4v) is 6.79. The molecule has 3 aliphatic heterocycles. The summed E-state index contributed by atoms with van der Waals surface area (Å²) in [4.78, 5) is 43.9. The van der Waals surface area contributed by atoms with Gasteiger partial charge in [0, 0.05) is 62.5 Å². The average molecular weight is 562 g/mol. The highest BCUT2D eigenvalue weighted by Gasteiger charge is 2.35. The van der Waals surface area contributed by atoms with Crippen molar-refractivity contribution in [2.45, 2.75) is 25.3 Å². The minimum Gasteiger partial charge on any atom is -0.379 e. The Hall–Kier alpha value is -3.47. The Balaban J connectivity index is 1.19. The van der Waals surface area contributed by atoms with Crippen LogP contribution in [0.3, 0.4) is 0 Å². The van der Waals surface area contributed by atoms with E-state index in [-0.39, 0.29) is 23.3 Å². The van der Waals surface area contributed by atoms with E-state index in [0.29, 0.717) is 35.1 Å². The van der Waals surface area contributed by atoms with Crippen LogP contribution in [0, 0.1) is 5.92 Å². The van der Waals surface area contributed by atoms with E-state index in [9.17, 15) is 14.4 Å². The van der Waals surface area contributed by atoms with Crippen molar-refractivity contribution in [2.24, 2.45) is 5.92 Å². The van der Waals surface area contributed by atoms with Gasteiger partial charge in [-0.1, -0.05) is 12.1 Å². The molecule has 2 saturated heterocycles. The molecule has 6 rings (SSSR count). The monoisotopic (exact) mass is 561 g/mol. The molecule has 1 aromatic carbocycles. The fraction of sp³-hybridized carbons (Fsp3) is 0.433. The molecule has 2 unspecified atom stereocenters. The summed E-state index contributed by atoms with van der Waals surface area (Å²) in [5.41, 5.74) is 3.18. The van der Waals surface area contributed by atoms with E-state index >= 15 is 0 Å². The minimum absolute atomic E-state index is 0.0601. The van der Waals surface area contributed by atoms with E-state index in [1.165, 1.54) is 11.3 Å². The van der Waals surface area contributed by atoms with Crippen LogP contribution in [0.4, 0.5) is 11.4 Å². The van der Waals surface area contributed by atoms with Crippen LogP contribution in [0.5, 0.6) is 0 Å². The van der Waals surface area contributed by atoms with Gasteiger partial charge < -0.3 is 24.8 Å². The molecule has 10 heteroatoms. The van der Waals surface area contributed by atoms with Crippen LogP contribution in [-0.4, -0.2) is 73.8 Å². The van der Waals surface area contributed by atoms with Crippen LogP contribution in [-0.2, 0) is 11.3 Å². The van der Waals surface area contributed by atoms with Gasteiger partial charge in [-0.3, -0.25) is 19.3 Å². The maximum atomic E-state index is 13.1. The highest BCUT2D eigenvalue weighted by molar-refractivity contribution is 7.12. The van der Waals surface area contributed by atoms with Gasteiger partial charge in [0.2, 0.25) is 0 Å². The third-order valence-corrected chi connectivity index (χ3v) is 8.98. The average Bonchev–Trinajstić information content (AvgIpc) is 3.52. The molecule has 0 spiro atoms. The smallest absolute Gasteiger partial charge is 0.265 e. The lowest BCUT2D eigenvalue weighted by molar-refractivity contribution is 0.0374. The second-order valence-electron chi connectivity index (χ2n) is 10.8. The number of hydrogen-bond acceptors (Lipinski definition) is 7. The van der Waals surface area contributed by atoms with Gasteiger partial charge in [-0.25, -0.2) is 0 Å². The first-order chi connectivity index (χ1) is 19.5. The number of fused-ring (bicyclic) bond motifs is 4. The highest BCUT2D eigenvalue weighted by Crippen LogP contribution is 2.39. The zero-order valence-electron chi connectivity index (χ0n) is 22.5. The number of thiophene rings is 1. The lowest BCUT2D eigenvalue weighted by atomic mass is 9.83.